The first-order valence-corrected chi connectivity index (χ1v) is 10.7. The Balaban J connectivity index is 1.61. The van der Waals surface area contributed by atoms with Gasteiger partial charge in [-0.3, -0.25) is 4.79 Å². The average molecular weight is 406 g/mol. The zero-order valence-electron chi connectivity index (χ0n) is 18.1. The molecule has 1 aromatic heterocycles. The first-order valence-electron chi connectivity index (χ1n) is 10.7. The lowest BCUT2D eigenvalue weighted by Gasteiger charge is -2.27. The summed E-state index contributed by atoms with van der Waals surface area (Å²) in [6.45, 7) is 6.60. The molecule has 1 fully saturated rings. The van der Waals surface area contributed by atoms with Crippen molar-refractivity contribution in [1.82, 2.24) is 30.3 Å². The fourth-order valence-electron chi connectivity index (χ4n) is 3.50. The second-order valence-corrected chi connectivity index (χ2v) is 8.43. The number of carbonyl (C=O) groups is 1. The number of hydrogen-bond acceptors (Lipinski definition) is 5. The fourth-order valence-corrected chi connectivity index (χ4v) is 3.50. The van der Waals surface area contributed by atoms with Crippen LogP contribution in [-0.2, 0) is 22.5 Å². The van der Waals surface area contributed by atoms with Crippen LogP contribution in [0.2, 0.25) is 0 Å². The Morgan fingerprint density at radius 2 is 2.17 bits per heavy atom. The van der Waals surface area contributed by atoms with Gasteiger partial charge in [-0.15, -0.1) is 0 Å². The highest BCUT2D eigenvalue weighted by Gasteiger charge is 2.24. The minimum absolute atomic E-state index is 0.0243. The van der Waals surface area contributed by atoms with Crippen molar-refractivity contribution in [2.24, 2.45) is 4.99 Å². The summed E-state index contributed by atoms with van der Waals surface area (Å²) in [6.07, 6.45) is 5.42. The summed E-state index contributed by atoms with van der Waals surface area (Å²) in [6, 6.07) is 0.192. The Bertz CT molecular complexity index is 708. The van der Waals surface area contributed by atoms with Gasteiger partial charge in [-0.1, -0.05) is 13.8 Å². The molecular weight excluding hydrogens is 370 g/mol. The van der Waals surface area contributed by atoms with Crippen LogP contribution in [0, 0.1) is 0 Å². The van der Waals surface area contributed by atoms with E-state index in [1.807, 2.05) is 4.68 Å². The van der Waals surface area contributed by atoms with Gasteiger partial charge in [0.25, 0.3) is 0 Å². The van der Waals surface area contributed by atoms with Crippen molar-refractivity contribution in [3.63, 3.8) is 0 Å². The van der Waals surface area contributed by atoms with Crippen LogP contribution in [0.5, 0.6) is 0 Å². The second-order valence-electron chi connectivity index (χ2n) is 8.43. The van der Waals surface area contributed by atoms with Crippen LogP contribution >= 0.6 is 0 Å². The van der Waals surface area contributed by atoms with Gasteiger partial charge in [-0.2, -0.15) is 5.10 Å². The lowest BCUT2D eigenvalue weighted by atomic mass is 10.1. The van der Waals surface area contributed by atoms with E-state index in [1.165, 1.54) is 6.42 Å². The molecule has 9 nitrogen and oxygen atoms in total. The molecule has 0 spiro atoms. The molecule has 1 saturated heterocycles. The molecule has 0 saturated carbocycles. The van der Waals surface area contributed by atoms with Gasteiger partial charge in [0.15, 0.2) is 11.8 Å². The molecule has 2 aliphatic heterocycles. The number of nitrogens with one attached hydrogen (secondary N) is 2. The van der Waals surface area contributed by atoms with E-state index in [4.69, 9.17) is 4.74 Å². The topological polar surface area (TPSA) is 96.7 Å². The molecule has 9 heteroatoms. The molecule has 162 valence electrons. The molecule has 0 radical (unpaired) electrons. The third-order valence-corrected chi connectivity index (χ3v) is 5.37. The first kappa shape index (κ1) is 21.5. The van der Waals surface area contributed by atoms with Crippen LogP contribution in [0.25, 0.3) is 0 Å². The van der Waals surface area contributed by atoms with Crippen molar-refractivity contribution in [3.8, 4) is 0 Å². The van der Waals surface area contributed by atoms with Crippen molar-refractivity contribution >= 4 is 11.9 Å². The number of aliphatic imine (C=N–C) groups is 1. The third-order valence-electron chi connectivity index (χ3n) is 5.37. The summed E-state index contributed by atoms with van der Waals surface area (Å²) in [5, 5.41) is 11.5. The normalized spacial score (nSPS) is 22.3. The first-order chi connectivity index (χ1) is 13.9. The van der Waals surface area contributed by atoms with E-state index in [0.717, 1.165) is 50.5 Å². The summed E-state index contributed by atoms with van der Waals surface area (Å²) < 4.78 is 7.81. The highest BCUT2D eigenvalue weighted by Crippen LogP contribution is 2.17. The number of likely N-dealkylation sites (N-methyl/N-ethyl adjacent to an activating group) is 1. The lowest BCUT2D eigenvalue weighted by molar-refractivity contribution is -0.127. The number of carbonyl (C=O) groups excluding carboxylic acids is 1. The van der Waals surface area contributed by atoms with Crippen molar-refractivity contribution in [2.75, 3.05) is 33.8 Å². The molecule has 0 bridgehead atoms. The van der Waals surface area contributed by atoms with E-state index in [2.05, 4.69) is 39.6 Å². The fraction of sp³-hybridized carbons (Fsp3) is 0.800. The smallest absolute Gasteiger partial charge is 0.243 e. The number of fused-ring (bicyclic) bond motifs is 1. The van der Waals surface area contributed by atoms with E-state index in [-0.39, 0.29) is 24.6 Å². The molecule has 2 atom stereocenters. The van der Waals surface area contributed by atoms with Crippen LogP contribution in [-0.4, -0.2) is 77.5 Å². The number of aryl methyl sites for hydroxylation is 1. The molecule has 2 aliphatic rings. The highest BCUT2D eigenvalue weighted by molar-refractivity contribution is 5.84. The second kappa shape index (κ2) is 10.0. The van der Waals surface area contributed by atoms with E-state index in [9.17, 15) is 4.79 Å². The van der Waals surface area contributed by atoms with Gasteiger partial charge in [0, 0.05) is 45.6 Å². The van der Waals surface area contributed by atoms with Gasteiger partial charge in [0.05, 0.1) is 12.6 Å². The average Bonchev–Trinajstić information content (AvgIpc) is 3.14. The third kappa shape index (κ3) is 6.16. The predicted octanol–water partition coefficient (Wildman–Crippen LogP) is 0.909. The Kier molecular flexibility index (Phi) is 7.46. The van der Waals surface area contributed by atoms with Crippen LogP contribution in [0.1, 0.15) is 57.1 Å². The number of hydrogen-bond donors (Lipinski definition) is 2. The summed E-state index contributed by atoms with van der Waals surface area (Å²) in [4.78, 5) is 22.7. The molecule has 0 aliphatic carbocycles. The largest absolute Gasteiger partial charge is 0.376 e. The minimum Gasteiger partial charge on any atom is -0.376 e. The predicted molar refractivity (Wildman–Crippen MR) is 112 cm³/mol. The van der Waals surface area contributed by atoms with Crippen molar-refractivity contribution in [3.05, 3.63) is 11.6 Å². The zero-order valence-corrected chi connectivity index (χ0v) is 18.1. The molecule has 0 aromatic carbocycles. The highest BCUT2D eigenvalue weighted by atomic mass is 16.5. The molecule has 1 aromatic rings. The quantitative estimate of drug-likeness (QED) is 0.539. The number of aromatic nitrogens is 3. The Morgan fingerprint density at radius 1 is 1.34 bits per heavy atom. The van der Waals surface area contributed by atoms with Crippen LogP contribution < -0.4 is 10.6 Å². The van der Waals surface area contributed by atoms with Gasteiger partial charge in [-0.25, -0.2) is 14.7 Å². The summed E-state index contributed by atoms with van der Waals surface area (Å²) >= 11 is 0. The molecule has 29 heavy (non-hydrogen) atoms. The summed E-state index contributed by atoms with van der Waals surface area (Å²) in [7, 11) is 3.49. The van der Waals surface area contributed by atoms with E-state index >= 15 is 0 Å². The van der Waals surface area contributed by atoms with Gasteiger partial charge in [-0.05, 0) is 25.7 Å². The number of rotatable bonds is 6. The van der Waals surface area contributed by atoms with Crippen molar-refractivity contribution in [1.29, 1.82) is 0 Å². The van der Waals surface area contributed by atoms with E-state index in [0.29, 0.717) is 18.4 Å². The van der Waals surface area contributed by atoms with Crippen molar-refractivity contribution < 1.29 is 9.53 Å². The molecular formula is C20H35N7O2. The SMILES string of the molecule is CC(C)c1nc2n(n1)CC(NC(=NCC(=O)N(C)C)NCC1CCCCO1)CC2. The zero-order chi connectivity index (χ0) is 20.8. The van der Waals surface area contributed by atoms with Gasteiger partial charge in [0.2, 0.25) is 5.91 Å². The van der Waals surface area contributed by atoms with Gasteiger partial charge >= 0.3 is 0 Å². The maximum Gasteiger partial charge on any atom is 0.243 e. The van der Waals surface area contributed by atoms with Crippen LogP contribution in [0.4, 0.5) is 0 Å². The minimum atomic E-state index is -0.0243. The standard InChI is InChI=1S/C20H35N7O2/c1-14(2)19-24-17-9-8-15(13-27(17)25-19)23-20(22-12-18(28)26(3)4)21-11-16-7-5-6-10-29-16/h14-16H,5-13H2,1-4H3,(H2,21,22,23). The number of amides is 1. The monoisotopic (exact) mass is 405 g/mol. The summed E-state index contributed by atoms with van der Waals surface area (Å²) in [5.74, 6) is 2.91. The summed E-state index contributed by atoms with van der Waals surface area (Å²) in [5.41, 5.74) is 0. The number of guanidine groups is 1. The Hall–Kier alpha value is -2.16. The van der Waals surface area contributed by atoms with E-state index < -0.39 is 0 Å². The maximum atomic E-state index is 12.0. The molecule has 3 heterocycles. The lowest BCUT2D eigenvalue weighted by Crippen LogP contribution is -2.49. The molecule has 2 N–H and O–H groups in total. The molecule has 2 unspecified atom stereocenters. The van der Waals surface area contributed by atoms with E-state index in [1.54, 1.807) is 19.0 Å². The Labute approximate surface area is 173 Å². The number of ether oxygens (including phenoxy) is 1. The van der Waals surface area contributed by atoms with Crippen LogP contribution in [0.15, 0.2) is 4.99 Å². The van der Waals surface area contributed by atoms with Crippen molar-refractivity contribution in [2.45, 2.75) is 70.6 Å². The maximum absolute atomic E-state index is 12.0. The van der Waals surface area contributed by atoms with Gasteiger partial charge in [0.1, 0.15) is 12.4 Å². The molecule has 1 amide bonds. The van der Waals surface area contributed by atoms with Crippen LogP contribution in [0.3, 0.4) is 0 Å². The van der Waals surface area contributed by atoms with Gasteiger partial charge < -0.3 is 20.3 Å². The number of nitrogens with zero attached hydrogens (tertiary/aromatic N) is 5. The Morgan fingerprint density at radius 3 is 2.86 bits per heavy atom. The molecule has 3 rings (SSSR count).